The zero-order chi connectivity index (χ0) is 22.0. The SMILES string of the molecule is COc1ccccc1N1CCN(C(=O)C2=NN(c3cc(C)ccc3C)C(=O)CC2)CC1. The van der Waals surface area contributed by atoms with Crippen LogP contribution in [-0.2, 0) is 9.59 Å². The van der Waals surface area contributed by atoms with Gasteiger partial charge in [-0.05, 0) is 43.2 Å². The number of carbonyl (C=O) groups is 2. The predicted molar refractivity (Wildman–Crippen MR) is 122 cm³/mol. The van der Waals surface area contributed by atoms with Crippen molar-refractivity contribution in [2.75, 3.05) is 43.2 Å². The Hall–Kier alpha value is -3.35. The molecular weight excluding hydrogens is 392 g/mol. The van der Waals surface area contributed by atoms with Crippen LogP contribution in [0.4, 0.5) is 11.4 Å². The van der Waals surface area contributed by atoms with Crippen molar-refractivity contribution in [2.45, 2.75) is 26.7 Å². The highest BCUT2D eigenvalue weighted by Crippen LogP contribution is 2.29. The summed E-state index contributed by atoms with van der Waals surface area (Å²) in [6.45, 7) is 6.58. The first-order chi connectivity index (χ1) is 15.0. The van der Waals surface area contributed by atoms with Gasteiger partial charge in [0.2, 0.25) is 5.91 Å². The number of hydrogen-bond acceptors (Lipinski definition) is 5. The molecule has 31 heavy (non-hydrogen) atoms. The lowest BCUT2D eigenvalue weighted by Gasteiger charge is -2.37. The van der Waals surface area contributed by atoms with Gasteiger partial charge in [-0.3, -0.25) is 9.59 Å². The molecule has 1 fully saturated rings. The lowest BCUT2D eigenvalue weighted by Crippen LogP contribution is -2.51. The van der Waals surface area contributed by atoms with Crippen LogP contribution in [0.2, 0.25) is 0 Å². The van der Waals surface area contributed by atoms with Gasteiger partial charge in [-0.15, -0.1) is 0 Å². The lowest BCUT2D eigenvalue weighted by molar-refractivity contribution is -0.124. The zero-order valence-corrected chi connectivity index (χ0v) is 18.3. The van der Waals surface area contributed by atoms with Crippen LogP contribution in [0.1, 0.15) is 24.0 Å². The minimum Gasteiger partial charge on any atom is -0.495 e. The third-order valence-electron chi connectivity index (χ3n) is 5.87. The van der Waals surface area contributed by atoms with Crippen LogP contribution >= 0.6 is 0 Å². The van der Waals surface area contributed by atoms with E-state index in [9.17, 15) is 9.59 Å². The van der Waals surface area contributed by atoms with E-state index >= 15 is 0 Å². The number of methoxy groups -OCH3 is 1. The Morgan fingerprint density at radius 3 is 2.45 bits per heavy atom. The molecule has 2 heterocycles. The van der Waals surface area contributed by atoms with E-state index in [0.29, 0.717) is 31.6 Å². The summed E-state index contributed by atoms with van der Waals surface area (Å²) in [6.07, 6.45) is 0.672. The van der Waals surface area contributed by atoms with Crippen molar-refractivity contribution in [3.05, 3.63) is 53.6 Å². The first-order valence-electron chi connectivity index (χ1n) is 10.6. The molecule has 7 nitrogen and oxygen atoms in total. The molecule has 7 heteroatoms. The Morgan fingerprint density at radius 1 is 0.968 bits per heavy atom. The number of aryl methyl sites for hydroxylation is 2. The summed E-state index contributed by atoms with van der Waals surface area (Å²) in [4.78, 5) is 29.8. The molecule has 0 aliphatic carbocycles. The second-order valence-electron chi connectivity index (χ2n) is 7.99. The molecule has 1 saturated heterocycles. The normalized spacial score (nSPS) is 16.9. The van der Waals surface area contributed by atoms with Crippen molar-refractivity contribution in [2.24, 2.45) is 5.10 Å². The maximum atomic E-state index is 13.2. The Kier molecular flexibility index (Phi) is 5.93. The Labute approximate surface area is 182 Å². The molecule has 4 rings (SSSR count). The average Bonchev–Trinajstić information content (AvgIpc) is 2.80. The smallest absolute Gasteiger partial charge is 0.270 e. The van der Waals surface area contributed by atoms with Crippen LogP contribution in [0.3, 0.4) is 0 Å². The fourth-order valence-corrected chi connectivity index (χ4v) is 4.07. The molecule has 0 saturated carbocycles. The van der Waals surface area contributed by atoms with Crippen molar-refractivity contribution in [3.63, 3.8) is 0 Å². The predicted octanol–water partition coefficient (Wildman–Crippen LogP) is 3.14. The van der Waals surface area contributed by atoms with E-state index in [1.807, 2.05) is 61.2 Å². The van der Waals surface area contributed by atoms with Crippen LogP contribution in [0.15, 0.2) is 47.6 Å². The van der Waals surface area contributed by atoms with E-state index in [1.54, 1.807) is 7.11 Å². The molecule has 0 aromatic heterocycles. The first-order valence-corrected chi connectivity index (χ1v) is 10.6. The van der Waals surface area contributed by atoms with E-state index in [1.165, 1.54) is 5.01 Å². The molecule has 2 aromatic rings. The van der Waals surface area contributed by atoms with Crippen molar-refractivity contribution in [1.82, 2.24) is 4.90 Å². The van der Waals surface area contributed by atoms with Crippen LogP contribution in [0.5, 0.6) is 5.75 Å². The van der Waals surface area contributed by atoms with E-state index in [-0.39, 0.29) is 11.8 Å². The van der Waals surface area contributed by atoms with Crippen molar-refractivity contribution < 1.29 is 14.3 Å². The maximum Gasteiger partial charge on any atom is 0.270 e. The summed E-state index contributed by atoms with van der Waals surface area (Å²) in [5, 5.41) is 5.90. The Balaban J connectivity index is 1.48. The molecule has 2 amide bonds. The van der Waals surface area contributed by atoms with Crippen molar-refractivity contribution in [1.29, 1.82) is 0 Å². The highest BCUT2D eigenvalue weighted by atomic mass is 16.5. The summed E-state index contributed by atoms with van der Waals surface area (Å²) in [5.74, 6) is 0.676. The minimum atomic E-state index is -0.0810. The second kappa shape index (κ2) is 8.79. The molecule has 0 unspecified atom stereocenters. The number of anilines is 2. The Morgan fingerprint density at radius 2 is 1.71 bits per heavy atom. The van der Waals surface area contributed by atoms with E-state index < -0.39 is 0 Å². The zero-order valence-electron chi connectivity index (χ0n) is 18.3. The van der Waals surface area contributed by atoms with Gasteiger partial charge in [-0.25, -0.2) is 5.01 Å². The van der Waals surface area contributed by atoms with Gasteiger partial charge in [-0.2, -0.15) is 5.10 Å². The molecule has 0 spiro atoms. The minimum absolute atomic E-state index is 0.0776. The molecule has 2 aliphatic heterocycles. The maximum absolute atomic E-state index is 13.2. The van der Waals surface area contributed by atoms with Gasteiger partial charge in [0.25, 0.3) is 5.91 Å². The number of carbonyl (C=O) groups excluding carboxylic acids is 2. The third-order valence-corrected chi connectivity index (χ3v) is 5.87. The summed E-state index contributed by atoms with van der Waals surface area (Å²) >= 11 is 0. The van der Waals surface area contributed by atoms with Crippen LogP contribution in [0, 0.1) is 13.8 Å². The van der Waals surface area contributed by atoms with Crippen molar-refractivity contribution >= 4 is 28.9 Å². The number of benzene rings is 2. The Bertz CT molecular complexity index is 1030. The van der Waals surface area contributed by atoms with Gasteiger partial charge in [0.05, 0.1) is 18.5 Å². The molecule has 2 aliphatic rings. The van der Waals surface area contributed by atoms with Gasteiger partial charge < -0.3 is 14.5 Å². The van der Waals surface area contributed by atoms with E-state index in [4.69, 9.17) is 4.74 Å². The van der Waals surface area contributed by atoms with Gasteiger partial charge in [0.1, 0.15) is 11.5 Å². The molecule has 162 valence electrons. The molecule has 0 bridgehead atoms. The standard InChI is InChI=1S/C24H28N4O3/c1-17-8-9-18(2)21(16-17)28-23(29)11-10-19(25-28)24(30)27-14-12-26(13-15-27)20-6-4-5-7-22(20)31-3/h4-9,16H,10-15H2,1-3H3. The van der Waals surface area contributed by atoms with Crippen LogP contribution in [0.25, 0.3) is 0 Å². The monoisotopic (exact) mass is 420 g/mol. The highest BCUT2D eigenvalue weighted by Gasteiger charge is 2.31. The number of rotatable bonds is 4. The molecule has 2 aromatic carbocycles. The quantitative estimate of drug-likeness (QED) is 0.762. The number of hydrogen-bond donors (Lipinski definition) is 0. The van der Waals surface area contributed by atoms with Gasteiger partial charge in [0, 0.05) is 39.0 Å². The molecule has 0 N–H and O–H groups in total. The average molecular weight is 421 g/mol. The largest absolute Gasteiger partial charge is 0.495 e. The van der Waals surface area contributed by atoms with Gasteiger partial charge >= 0.3 is 0 Å². The molecular formula is C24H28N4O3. The molecule has 0 radical (unpaired) electrons. The summed E-state index contributed by atoms with van der Waals surface area (Å²) in [7, 11) is 1.67. The van der Waals surface area contributed by atoms with E-state index in [0.717, 1.165) is 41.3 Å². The highest BCUT2D eigenvalue weighted by molar-refractivity contribution is 6.40. The first kappa shape index (κ1) is 20.9. The number of ether oxygens (including phenoxy) is 1. The second-order valence-corrected chi connectivity index (χ2v) is 7.99. The van der Waals surface area contributed by atoms with Gasteiger partial charge in [-0.1, -0.05) is 24.3 Å². The number of hydrazone groups is 1. The third kappa shape index (κ3) is 4.26. The lowest BCUT2D eigenvalue weighted by atomic mass is 10.1. The van der Waals surface area contributed by atoms with Gasteiger partial charge in [0.15, 0.2) is 0 Å². The summed E-state index contributed by atoms with van der Waals surface area (Å²) in [6, 6.07) is 13.8. The van der Waals surface area contributed by atoms with Crippen molar-refractivity contribution in [3.8, 4) is 5.75 Å². The molecule has 0 atom stereocenters. The summed E-state index contributed by atoms with van der Waals surface area (Å²) in [5.41, 5.74) is 4.25. The fraction of sp³-hybridized carbons (Fsp3) is 0.375. The number of nitrogens with zero attached hydrogens (tertiary/aromatic N) is 4. The summed E-state index contributed by atoms with van der Waals surface area (Å²) < 4.78 is 5.47. The number of piperazine rings is 1. The topological polar surface area (TPSA) is 65.5 Å². The van der Waals surface area contributed by atoms with Crippen LogP contribution in [-0.4, -0.2) is 55.7 Å². The van der Waals surface area contributed by atoms with E-state index in [2.05, 4.69) is 10.0 Å². The number of amides is 2. The fourth-order valence-electron chi connectivity index (χ4n) is 4.07. The number of para-hydroxylation sites is 2. The van der Waals surface area contributed by atoms with Crippen LogP contribution < -0.4 is 14.6 Å².